The molecule has 0 fully saturated rings. The van der Waals surface area contributed by atoms with Gasteiger partial charge in [-0.1, -0.05) is 12.1 Å². The molecule has 0 saturated carbocycles. The minimum Gasteiger partial charge on any atom is -0.382 e. The van der Waals surface area contributed by atoms with Gasteiger partial charge in [0, 0.05) is 18.3 Å². The number of para-hydroxylation sites is 1. The van der Waals surface area contributed by atoms with Crippen molar-refractivity contribution in [3.63, 3.8) is 0 Å². The summed E-state index contributed by atoms with van der Waals surface area (Å²) < 4.78 is 24.7. The summed E-state index contributed by atoms with van der Waals surface area (Å²) in [5.74, 6) is -0.435. The Labute approximate surface area is 120 Å². The lowest BCUT2D eigenvalue weighted by Crippen LogP contribution is -2.33. The Bertz CT molecular complexity index is 556. The van der Waals surface area contributed by atoms with Gasteiger partial charge in [-0.05, 0) is 33.0 Å². The lowest BCUT2D eigenvalue weighted by Gasteiger charge is -2.14. The summed E-state index contributed by atoms with van der Waals surface area (Å²) >= 11 is 0. The van der Waals surface area contributed by atoms with Crippen LogP contribution in [-0.4, -0.2) is 39.7 Å². The third kappa shape index (κ3) is 5.18. The highest BCUT2D eigenvalue weighted by molar-refractivity contribution is 7.89. The molecule has 1 aromatic rings. The van der Waals surface area contributed by atoms with Gasteiger partial charge in [0.05, 0.1) is 11.3 Å². The Kier molecular flexibility index (Phi) is 5.97. The molecular weight excluding hydrogens is 278 g/mol. The molecule has 7 heteroatoms. The molecule has 112 valence electrons. The molecule has 0 atom stereocenters. The van der Waals surface area contributed by atoms with Crippen molar-refractivity contribution in [2.75, 3.05) is 24.7 Å². The molecule has 20 heavy (non-hydrogen) atoms. The van der Waals surface area contributed by atoms with Gasteiger partial charge >= 0.3 is 0 Å². The second-order valence-corrected chi connectivity index (χ2v) is 6.67. The second kappa shape index (κ2) is 7.25. The van der Waals surface area contributed by atoms with Crippen LogP contribution in [-0.2, 0) is 10.0 Å². The van der Waals surface area contributed by atoms with Crippen molar-refractivity contribution in [1.82, 2.24) is 10.0 Å². The van der Waals surface area contributed by atoms with Crippen LogP contribution in [0.1, 0.15) is 24.2 Å². The van der Waals surface area contributed by atoms with Crippen molar-refractivity contribution in [2.24, 2.45) is 0 Å². The van der Waals surface area contributed by atoms with Crippen LogP contribution in [0.3, 0.4) is 0 Å². The largest absolute Gasteiger partial charge is 0.382 e. The van der Waals surface area contributed by atoms with E-state index in [1.165, 1.54) is 7.05 Å². The number of hydrogen-bond donors (Lipinski definition) is 3. The van der Waals surface area contributed by atoms with Crippen LogP contribution in [0, 0.1) is 0 Å². The van der Waals surface area contributed by atoms with Gasteiger partial charge < -0.3 is 10.6 Å². The summed E-state index contributed by atoms with van der Waals surface area (Å²) in [5, 5.41) is 5.79. The highest BCUT2D eigenvalue weighted by Crippen LogP contribution is 2.15. The first kappa shape index (κ1) is 16.5. The summed E-state index contributed by atoms with van der Waals surface area (Å²) in [4.78, 5) is 12.1. The molecule has 0 aliphatic heterocycles. The smallest absolute Gasteiger partial charge is 0.253 e. The first-order valence-electron chi connectivity index (χ1n) is 6.40. The van der Waals surface area contributed by atoms with E-state index in [0.29, 0.717) is 5.56 Å². The van der Waals surface area contributed by atoms with E-state index in [1.54, 1.807) is 12.1 Å². The molecule has 0 aliphatic carbocycles. The molecule has 1 aromatic carbocycles. The number of hydrogen-bond acceptors (Lipinski definition) is 4. The fourth-order valence-corrected chi connectivity index (χ4v) is 2.19. The Hall–Kier alpha value is -1.60. The van der Waals surface area contributed by atoms with Crippen LogP contribution in [0.2, 0.25) is 0 Å². The highest BCUT2D eigenvalue weighted by Gasteiger charge is 2.12. The fraction of sp³-hybridized carbons (Fsp3) is 0.462. The molecule has 3 N–H and O–H groups in total. The van der Waals surface area contributed by atoms with Gasteiger partial charge in [0.25, 0.3) is 5.91 Å². The van der Waals surface area contributed by atoms with Crippen molar-refractivity contribution in [1.29, 1.82) is 0 Å². The van der Waals surface area contributed by atoms with E-state index >= 15 is 0 Å². The normalized spacial score (nSPS) is 11.4. The van der Waals surface area contributed by atoms with Crippen molar-refractivity contribution in [2.45, 2.75) is 19.9 Å². The quantitative estimate of drug-likeness (QED) is 0.694. The number of nitrogens with one attached hydrogen (secondary N) is 3. The zero-order valence-corrected chi connectivity index (χ0v) is 12.8. The van der Waals surface area contributed by atoms with E-state index < -0.39 is 10.0 Å². The SMILES string of the molecule is CNS(=O)(=O)CCNC(=O)c1ccccc1NC(C)C. The summed E-state index contributed by atoms with van der Waals surface area (Å²) in [6.45, 7) is 4.03. The average Bonchev–Trinajstić information content (AvgIpc) is 2.38. The van der Waals surface area contributed by atoms with Gasteiger partial charge in [-0.3, -0.25) is 4.79 Å². The van der Waals surface area contributed by atoms with Crippen LogP contribution < -0.4 is 15.4 Å². The Morgan fingerprint density at radius 3 is 2.50 bits per heavy atom. The number of rotatable bonds is 7. The number of carbonyl (C=O) groups excluding carboxylic acids is 1. The maximum atomic E-state index is 12.1. The van der Waals surface area contributed by atoms with Gasteiger partial charge in [-0.25, -0.2) is 13.1 Å². The monoisotopic (exact) mass is 299 g/mol. The lowest BCUT2D eigenvalue weighted by atomic mass is 10.1. The van der Waals surface area contributed by atoms with E-state index in [1.807, 2.05) is 26.0 Å². The topological polar surface area (TPSA) is 87.3 Å². The van der Waals surface area contributed by atoms with Gasteiger partial charge in [0.15, 0.2) is 0 Å². The zero-order valence-electron chi connectivity index (χ0n) is 11.9. The van der Waals surface area contributed by atoms with E-state index in [9.17, 15) is 13.2 Å². The first-order valence-corrected chi connectivity index (χ1v) is 8.06. The molecule has 0 aliphatic rings. The third-order valence-electron chi connectivity index (χ3n) is 2.58. The van der Waals surface area contributed by atoms with Crippen molar-refractivity contribution in [3.8, 4) is 0 Å². The average molecular weight is 299 g/mol. The molecule has 0 bridgehead atoms. The minimum atomic E-state index is -3.31. The van der Waals surface area contributed by atoms with Crippen LogP contribution in [0.5, 0.6) is 0 Å². The van der Waals surface area contributed by atoms with Gasteiger partial charge in [-0.15, -0.1) is 0 Å². The number of benzene rings is 1. The van der Waals surface area contributed by atoms with Crippen molar-refractivity contribution < 1.29 is 13.2 Å². The summed E-state index contributed by atoms with van der Waals surface area (Å²) in [6, 6.07) is 7.33. The first-order chi connectivity index (χ1) is 9.35. The molecule has 0 heterocycles. The summed E-state index contributed by atoms with van der Waals surface area (Å²) in [7, 11) is -1.96. The van der Waals surface area contributed by atoms with E-state index in [-0.39, 0.29) is 24.2 Å². The highest BCUT2D eigenvalue weighted by atomic mass is 32.2. The standard InChI is InChI=1S/C13H21N3O3S/c1-10(2)16-12-7-5-4-6-11(12)13(17)15-8-9-20(18,19)14-3/h4-7,10,14,16H,8-9H2,1-3H3,(H,15,17). The minimum absolute atomic E-state index is 0.0675. The molecule has 0 radical (unpaired) electrons. The summed E-state index contributed by atoms with van der Waals surface area (Å²) in [5.41, 5.74) is 1.24. The number of anilines is 1. The van der Waals surface area contributed by atoms with Gasteiger partial charge in [0.1, 0.15) is 0 Å². The van der Waals surface area contributed by atoms with Gasteiger partial charge in [-0.2, -0.15) is 0 Å². The maximum absolute atomic E-state index is 12.1. The Morgan fingerprint density at radius 1 is 1.25 bits per heavy atom. The predicted octanol–water partition coefficient (Wildman–Crippen LogP) is 0.786. The Balaban J connectivity index is 2.68. The second-order valence-electron chi connectivity index (χ2n) is 4.62. The van der Waals surface area contributed by atoms with Crippen molar-refractivity contribution >= 4 is 21.6 Å². The van der Waals surface area contributed by atoms with Crippen LogP contribution in [0.4, 0.5) is 5.69 Å². The molecule has 0 aromatic heterocycles. The zero-order chi connectivity index (χ0) is 15.2. The molecule has 6 nitrogen and oxygen atoms in total. The molecular formula is C13H21N3O3S. The van der Waals surface area contributed by atoms with Crippen LogP contribution >= 0.6 is 0 Å². The van der Waals surface area contributed by atoms with Gasteiger partial charge in [0.2, 0.25) is 10.0 Å². The maximum Gasteiger partial charge on any atom is 0.253 e. The Morgan fingerprint density at radius 2 is 1.90 bits per heavy atom. The number of sulfonamides is 1. The fourth-order valence-electron chi connectivity index (χ4n) is 1.61. The lowest BCUT2D eigenvalue weighted by molar-refractivity contribution is 0.0957. The summed E-state index contributed by atoms with van der Waals surface area (Å²) in [6.07, 6.45) is 0. The molecule has 0 unspecified atom stereocenters. The van der Waals surface area contributed by atoms with E-state index in [2.05, 4.69) is 15.4 Å². The van der Waals surface area contributed by atoms with Crippen molar-refractivity contribution in [3.05, 3.63) is 29.8 Å². The molecule has 0 spiro atoms. The molecule has 1 amide bonds. The molecule has 0 saturated heterocycles. The van der Waals surface area contributed by atoms with Crippen LogP contribution in [0.25, 0.3) is 0 Å². The van der Waals surface area contributed by atoms with Crippen LogP contribution in [0.15, 0.2) is 24.3 Å². The molecule has 1 rings (SSSR count). The third-order valence-corrected chi connectivity index (χ3v) is 3.95. The predicted molar refractivity (Wildman–Crippen MR) is 80.4 cm³/mol. The number of carbonyl (C=O) groups is 1. The number of amides is 1. The van der Waals surface area contributed by atoms with E-state index in [4.69, 9.17) is 0 Å². The van der Waals surface area contributed by atoms with E-state index in [0.717, 1.165) is 5.69 Å².